The van der Waals surface area contributed by atoms with Crippen LogP contribution in [0.25, 0.3) is 0 Å². The average Bonchev–Trinajstić information content (AvgIpc) is 2.61. The van der Waals surface area contributed by atoms with Crippen LogP contribution in [0.5, 0.6) is 11.5 Å². The highest BCUT2D eigenvalue weighted by molar-refractivity contribution is 9.10. The van der Waals surface area contributed by atoms with Crippen LogP contribution in [0.4, 0.5) is 4.39 Å². The maximum atomic E-state index is 13.0. The van der Waals surface area contributed by atoms with Gasteiger partial charge in [-0.15, -0.1) is 12.4 Å². The van der Waals surface area contributed by atoms with Crippen molar-refractivity contribution in [2.75, 3.05) is 27.4 Å². The number of hydrogen-bond donors (Lipinski definition) is 1. The molecular formula is C19H24BrClFNO3. The predicted octanol–water partition coefficient (Wildman–Crippen LogP) is 4.72. The molecule has 2 rings (SSSR count). The van der Waals surface area contributed by atoms with Gasteiger partial charge in [-0.25, -0.2) is 4.39 Å². The summed E-state index contributed by atoms with van der Waals surface area (Å²) in [4.78, 5) is 0. The highest BCUT2D eigenvalue weighted by Gasteiger charge is 2.12. The molecule has 0 radical (unpaired) electrons. The summed E-state index contributed by atoms with van der Waals surface area (Å²) in [6.07, 6.45) is 0.966. The lowest BCUT2D eigenvalue weighted by atomic mass is 10.2. The summed E-state index contributed by atoms with van der Waals surface area (Å²) in [5.74, 6) is 1.03. The molecule has 0 amide bonds. The fraction of sp³-hybridized carbons (Fsp3) is 0.368. The molecule has 0 aliphatic rings. The predicted molar refractivity (Wildman–Crippen MR) is 107 cm³/mol. The van der Waals surface area contributed by atoms with E-state index in [-0.39, 0.29) is 18.2 Å². The maximum Gasteiger partial charge on any atom is 0.175 e. The zero-order chi connectivity index (χ0) is 18.1. The van der Waals surface area contributed by atoms with Crippen molar-refractivity contribution in [2.24, 2.45) is 0 Å². The first-order valence-corrected chi connectivity index (χ1v) is 8.86. The van der Waals surface area contributed by atoms with Gasteiger partial charge in [-0.05, 0) is 64.3 Å². The number of benzene rings is 2. The Morgan fingerprint density at radius 3 is 2.46 bits per heavy atom. The highest BCUT2D eigenvalue weighted by atomic mass is 79.9. The molecular weight excluding hydrogens is 425 g/mol. The Labute approximate surface area is 168 Å². The van der Waals surface area contributed by atoms with Gasteiger partial charge in [0.25, 0.3) is 0 Å². The third kappa shape index (κ3) is 7.11. The zero-order valence-electron chi connectivity index (χ0n) is 14.9. The van der Waals surface area contributed by atoms with Crippen molar-refractivity contribution >= 4 is 28.3 Å². The smallest absolute Gasteiger partial charge is 0.175 e. The largest absolute Gasteiger partial charge is 0.493 e. The number of methoxy groups -OCH3 is 2. The lowest BCUT2D eigenvalue weighted by Crippen LogP contribution is -2.16. The van der Waals surface area contributed by atoms with Crippen LogP contribution in [0, 0.1) is 5.82 Å². The van der Waals surface area contributed by atoms with Crippen LogP contribution < -0.4 is 14.8 Å². The van der Waals surface area contributed by atoms with Gasteiger partial charge in [0.1, 0.15) is 12.4 Å². The van der Waals surface area contributed by atoms with E-state index >= 15 is 0 Å². The van der Waals surface area contributed by atoms with E-state index in [4.69, 9.17) is 14.2 Å². The van der Waals surface area contributed by atoms with E-state index in [1.54, 1.807) is 26.4 Å². The first kappa shape index (κ1) is 22.7. The van der Waals surface area contributed by atoms with E-state index in [2.05, 4.69) is 21.2 Å². The Bertz CT molecular complexity index is 671. The number of nitrogens with one attached hydrogen (secondary N) is 1. The molecule has 0 atom stereocenters. The van der Waals surface area contributed by atoms with Crippen LogP contribution in [0.2, 0.25) is 0 Å². The summed E-state index contributed by atoms with van der Waals surface area (Å²) < 4.78 is 30.1. The van der Waals surface area contributed by atoms with E-state index in [9.17, 15) is 4.39 Å². The summed E-state index contributed by atoms with van der Waals surface area (Å²) in [6.45, 7) is 2.70. The van der Waals surface area contributed by atoms with Crippen molar-refractivity contribution < 1.29 is 18.6 Å². The molecule has 144 valence electrons. The summed E-state index contributed by atoms with van der Waals surface area (Å²) in [5, 5.41) is 3.36. The monoisotopic (exact) mass is 447 g/mol. The van der Waals surface area contributed by atoms with Crippen molar-refractivity contribution in [3.05, 3.63) is 57.8 Å². The molecule has 2 aromatic carbocycles. The van der Waals surface area contributed by atoms with Crippen LogP contribution in [-0.2, 0) is 17.9 Å². The molecule has 7 heteroatoms. The Morgan fingerprint density at radius 2 is 1.81 bits per heavy atom. The van der Waals surface area contributed by atoms with Gasteiger partial charge >= 0.3 is 0 Å². The average molecular weight is 449 g/mol. The van der Waals surface area contributed by atoms with Crippen LogP contribution in [0.15, 0.2) is 40.9 Å². The highest BCUT2D eigenvalue weighted by Crippen LogP contribution is 2.37. The lowest BCUT2D eigenvalue weighted by molar-refractivity contribution is 0.194. The molecule has 0 aliphatic heterocycles. The van der Waals surface area contributed by atoms with Gasteiger partial charge in [0.15, 0.2) is 11.5 Å². The van der Waals surface area contributed by atoms with Crippen molar-refractivity contribution in [1.82, 2.24) is 5.32 Å². The van der Waals surface area contributed by atoms with Gasteiger partial charge in [0.05, 0.1) is 11.6 Å². The van der Waals surface area contributed by atoms with E-state index in [1.165, 1.54) is 12.1 Å². The van der Waals surface area contributed by atoms with E-state index in [0.29, 0.717) is 18.1 Å². The van der Waals surface area contributed by atoms with Gasteiger partial charge in [-0.3, -0.25) is 0 Å². The molecule has 0 saturated carbocycles. The van der Waals surface area contributed by atoms with E-state index in [0.717, 1.165) is 41.7 Å². The normalized spacial score (nSPS) is 10.3. The molecule has 0 fully saturated rings. The third-order valence-electron chi connectivity index (χ3n) is 3.62. The van der Waals surface area contributed by atoms with Gasteiger partial charge in [-0.2, -0.15) is 0 Å². The molecule has 0 spiro atoms. The molecule has 0 unspecified atom stereocenters. The first-order valence-electron chi connectivity index (χ1n) is 8.07. The van der Waals surface area contributed by atoms with Crippen molar-refractivity contribution in [1.29, 1.82) is 0 Å². The molecule has 0 aromatic heterocycles. The second-order valence-electron chi connectivity index (χ2n) is 5.55. The molecule has 0 aliphatic carbocycles. The quantitative estimate of drug-likeness (QED) is 0.534. The van der Waals surface area contributed by atoms with Gasteiger partial charge in [0.2, 0.25) is 0 Å². The molecule has 0 bridgehead atoms. The summed E-state index contributed by atoms with van der Waals surface area (Å²) in [6, 6.07) is 10.2. The standard InChI is InChI=1S/C19H23BrFNO3.ClH/c1-23-9-3-8-22-12-15-10-17(20)19(18(11-15)24-2)25-13-14-4-6-16(21)7-5-14;/h4-7,10-11,22H,3,8-9,12-13H2,1-2H3;1H. The number of hydrogen-bond acceptors (Lipinski definition) is 4. The summed E-state index contributed by atoms with van der Waals surface area (Å²) >= 11 is 3.55. The summed E-state index contributed by atoms with van der Waals surface area (Å²) in [7, 11) is 3.31. The minimum Gasteiger partial charge on any atom is -0.493 e. The van der Waals surface area contributed by atoms with Crippen molar-refractivity contribution in [3.8, 4) is 11.5 Å². The lowest BCUT2D eigenvalue weighted by Gasteiger charge is -2.15. The van der Waals surface area contributed by atoms with Crippen LogP contribution in [0.1, 0.15) is 17.5 Å². The van der Waals surface area contributed by atoms with Gasteiger partial charge in [0, 0.05) is 20.3 Å². The third-order valence-corrected chi connectivity index (χ3v) is 4.21. The molecule has 1 N–H and O–H groups in total. The fourth-order valence-electron chi connectivity index (χ4n) is 2.33. The number of ether oxygens (including phenoxy) is 3. The number of rotatable bonds is 10. The molecule has 4 nitrogen and oxygen atoms in total. The van der Waals surface area contributed by atoms with E-state index < -0.39 is 0 Å². The van der Waals surface area contributed by atoms with Crippen LogP contribution in [-0.4, -0.2) is 27.4 Å². The number of halogens is 3. The maximum absolute atomic E-state index is 13.0. The fourth-order valence-corrected chi connectivity index (χ4v) is 2.93. The van der Waals surface area contributed by atoms with Crippen LogP contribution in [0.3, 0.4) is 0 Å². The molecule has 0 heterocycles. The topological polar surface area (TPSA) is 39.7 Å². The Balaban J connectivity index is 0.00000338. The van der Waals surface area contributed by atoms with E-state index in [1.807, 2.05) is 12.1 Å². The minimum atomic E-state index is -0.259. The second kappa shape index (κ2) is 12.1. The Hall–Kier alpha value is -1.34. The Morgan fingerprint density at radius 1 is 1.08 bits per heavy atom. The van der Waals surface area contributed by atoms with Crippen LogP contribution >= 0.6 is 28.3 Å². The van der Waals surface area contributed by atoms with Crippen molar-refractivity contribution in [3.63, 3.8) is 0 Å². The van der Waals surface area contributed by atoms with Gasteiger partial charge in [-0.1, -0.05) is 12.1 Å². The SMILES string of the molecule is COCCCNCc1cc(Br)c(OCc2ccc(F)cc2)c(OC)c1.Cl. The van der Waals surface area contributed by atoms with Gasteiger partial charge < -0.3 is 19.5 Å². The van der Waals surface area contributed by atoms with Crippen molar-refractivity contribution in [2.45, 2.75) is 19.6 Å². The molecule has 2 aromatic rings. The Kier molecular flexibility index (Phi) is 10.6. The minimum absolute atomic E-state index is 0. The second-order valence-corrected chi connectivity index (χ2v) is 6.40. The molecule has 26 heavy (non-hydrogen) atoms. The first-order chi connectivity index (χ1) is 12.1. The molecule has 0 saturated heterocycles. The zero-order valence-corrected chi connectivity index (χ0v) is 17.3. The summed E-state index contributed by atoms with van der Waals surface area (Å²) in [5.41, 5.74) is 1.98.